The quantitative estimate of drug-likeness (QED) is 0.721. The topological polar surface area (TPSA) is 95.5 Å². The fraction of sp³-hybridized carbons (Fsp3) is 0.250. The lowest BCUT2D eigenvalue weighted by Gasteiger charge is -2.06. The smallest absolute Gasteiger partial charge is 0.303 e. The number of carbonyl (C=O) groups is 3. The van der Waals surface area contributed by atoms with Gasteiger partial charge in [0.25, 0.3) is 5.91 Å². The van der Waals surface area contributed by atoms with Crippen molar-refractivity contribution < 1.29 is 19.5 Å². The number of hydrogen-bond donors (Lipinski definition) is 3. The lowest BCUT2D eigenvalue weighted by atomic mass is 10.2. The second kappa shape index (κ2) is 6.39. The summed E-state index contributed by atoms with van der Waals surface area (Å²) >= 11 is 0. The van der Waals surface area contributed by atoms with E-state index in [1.165, 1.54) is 13.1 Å². The average Bonchev–Trinajstić information content (AvgIpc) is 2.35. The number of anilines is 1. The third-order valence-electron chi connectivity index (χ3n) is 2.20. The van der Waals surface area contributed by atoms with Crippen LogP contribution < -0.4 is 10.6 Å². The van der Waals surface area contributed by atoms with Crippen LogP contribution in [0.5, 0.6) is 0 Å². The molecule has 0 saturated carbocycles. The number of carboxylic acid groups (broad SMARTS) is 1. The summed E-state index contributed by atoms with van der Waals surface area (Å²) < 4.78 is 0. The van der Waals surface area contributed by atoms with Gasteiger partial charge in [-0.1, -0.05) is 6.07 Å². The Kier molecular flexibility index (Phi) is 4.86. The van der Waals surface area contributed by atoms with Crippen LogP contribution in [-0.2, 0) is 9.59 Å². The summed E-state index contributed by atoms with van der Waals surface area (Å²) in [4.78, 5) is 33.1. The molecule has 1 aromatic rings. The number of rotatable bonds is 5. The summed E-state index contributed by atoms with van der Waals surface area (Å²) in [5.74, 6) is -1.67. The van der Waals surface area contributed by atoms with Crippen LogP contribution in [0.2, 0.25) is 0 Å². The van der Waals surface area contributed by atoms with Crippen LogP contribution in [0.15, 0.2) is 24.3 Å². The normalized spacial score (nSPS) is 9.61. The molecule has 0 spiro atoms. The van der Waals surface area contributed by atoms with E-state index in [4.69, 9.17) is 5.11 Å². The minimum absolute atomic E-state index is 0.0977. The maximum absolute atomic E-state index is 11.4. The Labute approximate surface area is 104 Å². The molecule has 0 aliphatic heterocycles. The van der Waals surface area contributed by atoms with Gasteiger partial charge in [-0.2, -0.15) is 0 Å². The highest BCUT2D eigenvalue weighted by molar-refractivity contribution is 5.97. The van der Waals surface area contributed by atoms with Gasteiger partial charge < -0.3 is 15.7 Å². The molecule has 1 aromatic carbocycles. The van der Waals surface area contributed by atoms with E-state index in [0.717, 1.165) is 0 Å². The van der Waals surface area contributed by atoms with E-state index < -0.39 is 11.9 Å². The maximum atomic E-state index is 11.4. The Hall–Kier alpha value is -2.37. The largest absolute Gasteiger partial charge is 0.481 e. The molecule has 0 aromatic heterocycles. The van der Waals surface area contributed by atoms with E-state index in [1.54, 1.807) is 18.2 Å². The molecule has 6 heteroatoms. The molecule has 96 valence electrons. The van der Waals surface area contributed by atoms with Gasteiger partial charge in [0, 0.05) is 24.7 Å². The molecule has 0 fully saturated rings. The second-order valence-corrected chi connectivity index (χ2v) is 3.60. The third kappa shape index (κ3) is 4.25. The van der Waals surface area contributed by atoms with Gasteiger partial charge >= 0.3 is 5.97 Å². The van der Waals surface area contributed by atoms with E-state index in [-0.39, 0.29) is 18.7 Å². The molecule has 18 heavy (non-hydrogen) atoms. The first kappa shape index (κ1) is 13.7. The van der Waals surface area contributed by atoms with Gasteiger partial charge in [0.2, 0.25) is 5.91 Å². The Balaban J connectivity index is 2.64. The predicted octanol–water partition coefficient (Wildman–Crippen LogP) is 0.849. The van der Waals surface area contributed by atoms with Crippen LogP contribution in [-0.4, -0.2) is 29.9 Å². The van der Waals surface area contributed by atoms with Crippen molar-refractivity contribution in [2.24, 2.45) is 0 Å². The summed E-state index contributed by atoms with van der Waals surface area (Å²) in [6.07, 6.45) is -0.319. The molecule has 1 rings (SSSR count). The van der Waals surface area contributed by atoms with Gasteiger partial charge in [0.05, 0.1) is 6.42 Å². The SMILES string of the molecule is CNC(=O)c1cccc(NC(=O)CCC(=O)O)c1. The van der Waals surface area contributed by atoms with E-state index in [2.05, 4.69) is 10.6 Å². The number of amides is 2. The Morgan fingerprint density at radius 3 is 2.56 bits per heavy atom. The van der Waals surface area contributed by atoms with E-state index in [1.807, 2.05) is 0 Å². The zero-order valence-corrected chi connectivity index (χ0v) is 9.90. The Bertz CT molecular complexity index is 471. The van der Waals surface area contributed by atoms with Crippen molar-refractivity contribution >= 4 is 23.5 Å². The van der Waals surface area contributed by atoms with Crippen LogP contribution in [0.4, 0.5) is 5.69 Å². The van der Waals surface area contributed by atoms with E-state index in [9.17, 15) is 14.4 Å². The van der Waals surface area contributed by atoms with Gasteiger partial charge in [0.15, 0.2) is 0 Å². The third-order valence-corrected chi connectivity index (χ3v) is 2.20. The fourth-order valence-corrected chi connectivity index (χ4v) is 1.33. The number of benzene rings is 1. The standard InChI is InChI=1S/C12H14N2O4/c1-13-12(18)8-3-2-4-9(7-8)14-10(15)5-6-11(16)17/h2-4,7H,5-6H2,1H3,(H,13,18)(H,14,15)(H,16,17). The van der Waals surface area contributed by atoms with Crippen LogP contribution >= 0.6 is 0 Å². The van der Waals surface area contributed by atoms with Gasteiger partial charge in [0.1, 0.15) is 0 Å². The highest BCUT2D eigenvalue weighted by Gasteiger charge is 2.07. The van der Waals surface area contributed by atoms with Crippen molar-refractivity contribution in [3.8, 4) is 0 Å². The van der Waals surface area contributed by atoms with Crippen LogP contribution in [0.25, 0.3) is 0 Å². The Morgan fingerprint density at radius 1 is 1.22 bits per heavy atom. The maximum Gasteiger partial charge on any atom is 0.303 e. The van der Waals surface area contributed by atoms with Crippen molar-refractivity contribution in [3.63, 3.8) is 0 Å². The molecular formula is C12H14N2O4. The van der Waals surface area contributed by atoms with E-state index in [0.29, 0.717) is 11.3 Å². The molecule has 0 saturated heterocycles. The lowest BCUT2D eigenvalue weighted by Crippen LogP contribution is -2.18. The zero-order valence-electron chi connectivity index (χ0n) is 9.90. The van der Waals surface area contributed by atoms with Gasteiger partial charge in [-0.3, -0.25) is 14.4 Å². The summed E-state index contributed by atoms with van der Waals surface area (Å²) in [5, 5.41) is 13.5. The molecule has 0 unspecified atom stereocenters. The Morgan fingerprint density at radius 2 is 1.94 bits per heavy atom. The summed E-state index contributed by atoms with van der Waals surface area (Å²) in [6.45, 7) is 0. The van der Waals surface area contributed by atoms with Crippen molar-refractivity contribution in [3.05, 3.63) is 29.8 Å². The first-order valence-corrected chi connectivity index (χ1v) is 5.36. The number of carbonyl (C=O) groups excluding carboxylic acids is 2. The highest BCUT2D eigenvalue weighted by Crippen LogP contribution is 2.11. The number of carboxylic acids is 1. The molecule has 0 radical (unpaired) electrons. The molecule has 0 aliphatic carbocycles. The molecule has 3 N–H and O–H groups in total. The first-order valence-electron chi connectivity index (χ1n) is 5.36. The second-order valence-electron chi connectivity index (χ2n) is 3.60. The van der Waals surface area contributed by atoms with Crippen molar-refractivity contribution in [2.45, 2.75) is 12.8 Å². The van der Waals surface area contributed by atoms with Crippen molar-refractivity contribution in [1.82, 2.24) is 5.32 Å². The monoisotopic (exact) mass is 250 g/mol. The average molecular weight is 250 g/mol. The van der Waals surface area contributed by atoms with Gasteiger partial charge in [-0.15, -0.1) is 0 Å². The fourth-order valence-electron chi connectivity index (χ4n) is 1.33. The van der Waals surface area contributed by atoms with Crippen LogP contribution in [0.3, 0.4) is 0 Å². The number of aliphatic carboxylic acids is 1. The molecule has 0 bridgehead atoms. The highest BCUT2D eigenvalue weighted by atomic mass is 16.4. The molecule has 0 aliphatic rings. The lowest BCUT2D eigenvalue weighted by molar-refractivity contribution is -0.138. The van der Waals surface area contributed by atoms with Crippen molar-refractivity contribution in [2.75, 3.05) is 12.4 Å². The molecule has 6 nitrogen and oxygen atoms in total. The minimum Gasteiger partial charge on any atom is -0.481 e. The summed E-state index contributed by atoms with van der Waals surface area (Å²) in [6, 6.07) is 6.41. The molecule has 0 atom stereocenters. The van der Waals surface area contributed by atoms with E-state index >= 15 is 0 Å². The minimum atomic E-state index is -1.02. The number of hydrogen-bond acceptors (Lipinski definition) is 3. The number of nitrogens with one attached hydrogen (secondary N) is 2. The summed E-state index contributed by atoms with van der Waals surface area (Å²) in [5.41, 5.74) is 0.889. The molecule has 2 amide bonds. The zero-order chi connectivity index (χ0) is 13.5. The molecule has 0 heterocycles. The van der Waals surface area contributed by atoms with Gasteiger partial charge in [-0.25, -0.2) is 0 Å². The first-order chi connectivity index (χ1) is 8.52. The van der Waals surface area contributed by atoms with Crippen LogP contribution in [0.1, 0.15) is 23.2 Å². The molecular weight excluding hydrogens is 236 g/mol. The van der Waals surface area contributed by atoms with Crippen molar-refractivity contribution in [1.29, 1.82) is 0 Å². The van der Waals surface area contributed by atoms with Crippen LogP contribution in [0, 0.1) is 0 Å². The predicted molar refractivity (Wildman–Crippen MR) is 65.3 cm³/mol. The summed E-state index contributed by atoms with van der Waals surface area (Å²) in [7, 11) is 1.51. The van der Waals surface area contributed by atoms with Gasteiger partial charge in [-0.05, 0) is 18.2 Å².